The van der Waals surface area contributed by atoms with E-state index < -0.39 is 0 Å². The van der Waals surface area contributed by atoms with E-state index in [1.807, 2.05) is 30.3 Å². The largest absolute Gasteiger partial charge is 1.00 e. The molecule has 0 saturated carbocycles. The third-order valence-electron chi connectivity index (χ3n) is 1.01. The van der Waals surface area contributed by atoms with Gasteiger partial charge in [-0.1, -0.05) is 35.9 Å². The summed E-state index contributed by atoms with van der Waals surface area (Å²) < 4.78 is 0. The molecule has 0 radical (unpaired) electrons. The van der Waals surface area contributed by atoms with Crippen LogP contribution in [0.5, 0.6) is 0 Å². The monoisotopic (exact) mass is 146 g/mol. The molecule has 0 bridgehead atoms. The van der Waals surface area contributed by atoms with Crippen LogP contribution >= 0.6 is 0 Å². The van der Waals surface area contributed by atoms with Crippen molar-refractivity contribution < 1.29 is 56.5 Å². The minimum Gasteiger partial charge on any atom is -0.851 e. The van der Waals surface area contributed by atoms with Gasteiger partial charge in [0.25, 0.3) is 0 Å². The number of rotatable bonds is 1. The Labute approximate surface area is 97.5 Å². The predicted molar refractivity (Wildman–Crippen MR) is 30.1 cm³/mol. The Balaban J connectivity index is 0.000000640. The van der Waals surface area contributed by atoms with Crippen molar-refractivity contribution in [2.45, 2.75) is 6.61 Å². The van der Waals surface area contributed by atoms with Crippen LogP contribution in [-0.2, 0) is 6.61 Å². The van der Waals surface area contributed by atoms with Crippen LogP contribution in [0.25, 0.3) is 0 Å². The summed E-state index contributed by atoms with van der Waals surface area (Å²) in [5.74, 6) is 0. The van der Waals surface area contributed by atoms with Crippen molar-refractivity contribution >= 4 is 0 Å². The van der Waals surface area contributed by atoms with Gasteiger partial charge >= 0.3 is 51.4 Å². The topological polar surface area (TPSA) is 23.1 Å². The van der Waals surface area contributed by atoms with Crippen LogP contribution in [0.1, 0.15) is 5.56 Å². The third-order valence-corrected chi connectivity index (χ3v) is 1.01. The fourth-order valence-corrected chi connectivity index (χ4v) is 0.574. The Morgan fingerprint density at radius 1 is 1.11 bits per heavy atom. The van der Waals surface area contributed by atoms with E-state index in [1.54, 1.807) is 0 Å². The second kappa shape index (κ2) is 5.59. The van der Waals surface area contributed by atoms with Crippen molar-refractivity contribution in [3.63, 3.8) is 0 Å². The van der Waals surface area contributed by atoms with Gasteiger partial charge in [0, 0.05) is 0 Å². The van der Waals surface area contributed by atoms with Crippen molar-refractivity contribution in [1.82, 2.24) is 0 Å². The summed E-state index contributed by atoms with van der Waals surface area (Å²) in [6, 6.07) is 9.29. The molecule has 0 aliphatic heterocycles. The van der Waals surface area contributed by atoms with Crippen molar-refractivity contribution in [3.8, 4) is 0 Å². The molecular formula is C7H7KO. The molecule has 0 N–H and O–H groups in total. The van der Waals surface area contributed by atoms with Gasteiger partial charge in [0.15, 0.2) is 0 Å². The summed E-state index contributed by atoms with van der Waals surface area (Å²) in [4.78, 5) is 0. The fourth-order valence-electron chi connectivity index (χ4n) is 0.574. The zero-order valence-corrected chi connectivity index (χ0v) is 8.63. The first-order valence-corrected chi connectivity index (χ1v) is 2.55. The van der Waals surface area contributed by atoms with Crippen LogP contribution in [-0.4, -0.2) is 0 Å². The Bertz CT molecular complexity index is 150. The third kappa shape index (κ3) is 3.50. The molecule has 1 aromatic rings. The minimum absolute atomic E-state index is 0. The van der Waals surface area contributed by atoms with E-state index >= 15 is 0 Å². The molecular weight excluding hydrogens is 139 g/mol. The standard InChI is InChI=1S/C7H7O.K/c8-6-7-4-2-1-3-5-7;/h1-5H,6H2;/q-1;+1. The van der Waals surface area contributed by atoms with Crippen LogP contribution < -0.4 is 56.5 Å². The molecule has 1 nitrogen and oxygen atoms in total. The molecule has 2 heteroatoms. The molecule has 0 aliphatic carbocycles. The molecule has 42 valence electrons. The zero-order chi connectivity index (χ0) is 5.82. The molecule has 0 saturated heterocycles. The smallest absolute Gasteiger partial charge is 0.851 e. The summed E-state index contributed by atoms with van der Waals surface area (Å²) in [5, 5.41) is 10.1. The molecule has 9 heavy (non-hydrogen) atoms. The quantitative estimate of drug-likeness (QED) is 0.403. The summed E-state index contributed by atoms with van der Waals surface area (Å²) >= 11 is 0. The number of hydrogen-bond donors (Lipinski definition) is 0. The van der Waals surface area contributed by atoms with Gasteiger partial charge in [-0.2, -0.15) is 0 Å². The number of hydrogen-bond acceptors (Lipinski definition) is 1. The Morgan fingerprint density at radius 3 is 2.00 bits per heavy atom. The Hall–Kier alpha value is 0.816. The maximum absolute atomic E-state index is 10.1. The molecule has 0 fully saturated rings. The molecule has 0 atom stereocenters. The average molecular weight is 146 g/mol. The molecule has 0 spiro atoms. The van der Waals surface area contributed by atoms with Gasteiger partial charge in [0.1, 0.15) is 0 Å². The average Bonchev–Trinajstić information content (AvgIpc) is 1.90. The molecule has 0 aromatic heterocycles. The van der Waals surface area contributed by atoms with Crippen LogP contribution in [0.2, 0.25) is 0 Å². The second-order valence-electron chi connectivity index (χ2n) is 1.63. The van der Waals surface area contributed by atoms with Crippen LogP contribution in [0, 0.1) is 0 Å². The van der Waals surface area contributed by atoms with E-state index in [0.717, 1.165) is 5.56 Å². The minimum atomic E-state index is -0.110. The van der Waals surface area contributed by atoms with E-state index in [2.05, 4.69) is 0 Å². The second-order valence-corrected chi connectivity index (χ2v) is 1.63. The van der Waals surface area contributed by atoms with Crippen LogP contribution in [0.15, 0.2) is 30.3 Å². The van der Waals surface area contributed by atoms with Crippen molar-refractivity contribution in [3.05, 3.63) is 35.9 Å². The molecule has 1 aromatic carbocycles. The van der Waals surface area contributed by atoms with E-state index in [9.17, 15) is 5.11 Å². The normalized spacial score (nSPS) is 8.11. The van der Waals surface area contributed by atoms with Crippen LogP contribution in [0.3, 0.4) is 0 Å². The van der Waals surface area contributed by atoms with Gasteiger partial charge in [-0.05, 0) is 0 Å². The van der Waals surface area contributed by atoms with E-state index in [-0.39, 0.29) is 58.0 Å². The van der Waals surface area contributed by atoms with E-state index in [1.165, 1.54) is 0 Å². The zero-order valence-electron chi connectivity index (χ0n) is 5.50. The molecule has 0 amide bonds. The summed E-state index contributed by atoms with van der Waals surface area (Å²) in [5.41, 5.74) is 0.854. The van der Waals surface area contributed by atoms with Gasteiger partial charge < -0.3 is 5.11 Å². The van der Waals surface area contributed by atoms with Crippen molar-refractivity contribution in [2.24, 2.45) is 0 Å². The summed E-state index contributed by atoms with van der Waals surface area (Å²) in [6.07, 6.45) is 0. The van der Waals surface area contributed by atoms with Crippen LogP contribution in [0.4, 0.5) is 0 Å². The van der Waals surface area contributed by atoms with Gasteiger partial charge in [-0.3, -0.25) is 0 Å². The summed E-state index contributed by atoms with van der Waals surface area (Å²) in [6.45, 7) is -0.110. The predicted octanol–water partition coefficient (Wildman–Crippen LogP) is -2.45. The SMILES string of the molecule is [K+].[O-]Cc1ccccc1. The van der Waals surface area contributed by atoms with Crippen molar-refractivity contribution in [1.29, 1.82) is 0 Å². The van der Waals surface area contributed by atoms with Gasteiger partial charge in [0.05, 0.1) is 0 Å². The first-order chi connectivity index (χ1) is 3.93. The molecule has 0 aliphatic rings. The van der Waals surface area contributed by atoms with Gasteiger partial charge in [-0.25, -0.2) is 0 Å². The first-order valence-electron chi connectivity index (χ1n) is 2.55. The Morgan fingerprint density at radius 2 is 1.67 bits per heavy atom. The molecule has 0 heterocycles. The maximum Gasteiger partial charge on any atom is 1.00 e. The maximum atomic E-state index is 10.1. The Kier molecular flexibility index (Phi) is 6.10. The summed E-state index contributed by atoms with van der Waals surface area (Å²) in [7, 11) is 0. The van der Waals surface area contributed by atoms with Gasteiger partial charge in [0.2, 0.25) is 0 Å². The van der Waals surface area contributed by atoms with Crippen molar-refractivity contribution in [2.75, 3.05) is 0 Å². The molecule has 0 unspecified atom stereocenters. The number of benzene rings is 1. The van der Waals surface area contributed by atoms with E-state index in [0.29, 0.717) is 0 Å². The molecule has 1 rings (SSSR count). The van der Waals surface area contributed by atoms with Gasteiger partial charge in [-0.15, -0.1) is 6.61 Å². The first kappa shape index (κ1) is 9.82. The fraction of sp³-hybridized carbons (Fsp3) is 0.143. The van der Waals surface area contributed by atoms with E-state index in [4.69, 9.17) is 0 Å².